The van der Waals surface area contributed by atoms with Crippen LogP contribution in [0, 0.1) is 34.5 Å². The van der Waals surface area contributed by atoms with E-state index in [1.54, 1.807) is 19.1 Å². The summed E-state index contributed by atoms with van der Waals surface area (Å²) in [5, 5.41) is 43.0. The van der Waals surface area contributed by atoms with Crippen LogP contribution in [0.5, 0.6) is 0 Å². The third-order valence-electron chi connectivity index (χ3n) is 7.93. The van der Waals surface area contributed by atoms with Crippen molar-refractivity contribution in [3.05, 3.63) is 23.3 Å². The molecular weight excluding hydrogens is 320 g/mol. The molecule has 0 unspecified atom stereocenters. The van der Waals surface area contributed by atoms with Gasteiger partial charge in [0.25, 0.3) is 0 Å². The fourth-order valence-corrected chi connectivity index (χ4v) is 6.43. The first-order valence-electron chi connectivity index (χ1n) is 9.18. The molecule has 5 heteroatoms. The monoisotopic (exact) mass is 348 g/mol. The van der Waals surface area contributed by atoms with Gasteiger partial charge in [0.2, 0.25) is 0 Å². The smallest absolute Gasteiger partial charge is 0.153 e. The Balaban J connectivity index is 1.99. The zero-order valence-electron chi connectivity index (χ0n) is 15.2. The average molecular weight is 348 g/mol. The first kappa shape index (κ1) is 17.4. The summed E-state index contributed by atoms with van der Waals surface area (Å²) < 4.78 is 0. The van der Waals surface area contributed by atoms with Crippen molar-refractivity contribution in [2.24, 2.45) is 34.5 Å². The van der Waals surface area contributed by atoms with Gasteiger partial charge in [-0.15, -0.1) is 0 Å². The van der Waals surface area contributed by atoms with Crippen molar-refractivity contribution in [3.63, 3.8) is 0 Å². The Morgan fingerprint density at radius 1 is 1.24 bits per heavy atom. The Hall–Kier alpha value is -1.01. The van der Waals surface area contributed by atoms with Crippen LogP contribution in [0.15, 0.2) is 23.3 Å². The van der Waals surface area contributed by atoms with Gasteiger partial charge in [0.1, 0.15) is 17.8 Å². The summed E-state index contributed by atoms with van der Waals surface area (Å²) in [6.45, 7) is 7.50. The summed E-state index contributed by atoms with van der Waals surface area (Å²) in [7, 11) is 0. The van der Waals surface area contributed by atoms with Gasteiger partial charge in [0, 0.05) is 5.92 Å². The summed E-state index contributed by atoms with van der Waals surface area (Å²) in [5.41, 5.74) is -2.58. The molecule has 4 rings (SSSR count). The molecule has 1 spiro atoms. The van der Waals surface area contributed by atoms with E-state index in [4.69, 9.17) is 0 Å². The van der Waals surface area contributed by atoms with Crippen molar-refractivity contribution in [2.45, 2.75) is 51.9 Å². The first-order chi connectivity index (χ1) is 11.5. The van der Waals surface area contributed by atoms with Crippen molar-refractivity contribution in [1.82, 2.24) is 0 Å². The number of hydrogen-bond donors (Lipinski definition) is 4. The molecule has 138 valence electrons. The summed E-state index contributed by atoms with van der Waals surface area (Å²) >= 11 is 0. The quantitative estimate of drug-likeness (QED) is 0.526. The van der Waals surface area contributed by atoms with Gasteiger partial charge in [-0.2, -0.15) is 0 Å². The molecule has 0 amide bonds. The molecule has 0 saturated heterocycles. The normalized spacial score (nSPS) is 53.2. The molecule has 0 aromatic rings. The number of aliphatic hydroxyl groups excluding tert-OH is 3. The van der Waals surface area contributed by atoms with Crippen LogP contribution in [0.25, 0.3) is 0 Å². The third-order valence-corrected chi connectivity index (χ3v) is 7.93. The Labute approximate surface area is 148 Å². The summed E-state index contributed by atoms with van der Waals surface area (Å²) in [4.78, 5) is 13.7. The highest BCUT2D eigenvalue weighted by molar-refractivity contribution is 5.95. The van der Waals surface area contributed by atoms with E-state index < -0.39 is 35.7 Å². The van der Waals surface area contributed by atoms with Gasteiger partial charge in [-0.3, -0.25) is 4.79 Å². The van der Waals surface area contributed by atoms with E-state index in [2.05, 4.69) is 13.8 Å². The summed E-state index contributed by atoms with van der Waals surface area (Å²) in [5.74, 6) is -0.288. The molecule has 0 heterocycles. The lowest BCUT2D eigenvalue weighted by Crippen LogP contribution is -2.65. The van der Waals surface area contributed by atoms with Gasteiger partial charge >= 0.3 is 0 Å². The van der Waals surface area contributed by atoms with Crippen molar-refractivity contribution in [2.75, 3.05) is 6.61 Å². The fraction of sp³-hybridized carbons (Fsp3) is 0.750. The van der Waals surface area contributed by atoms with E-state index in [0.717, 1.165) is 6.42 Å². The maximum absolute atomic E-state index is 13.7. The zero-order valence-corrected chi connectivity index (χ0v) is 15.2. The zero-order chi connectivity index (χ0) is 18.5. The molecule has 0 aliphatic heterocycles. The maximum atomic E-state index is 13.7. The topological polar surface area (TPSA) is 98.0 Å². The predicted molar refractivity (Wildman–Crippen MR) is 91.4 cm³/mol. The minimum absolute atomic E-state index is 0.0245. The predicted octanol–water partition coefficient (Wildman–Crippen LogP) is 0.815. The molecule has 8 atom stereocenters. The molecule has 2 bridgehead atoms. The molecule has 5 nitrogen and oxygen atoms in total. The molecule has 2 saturated carbocycles. The number of Topliss-reactive ketones (excluding diaryl/α,β-unsaturated/α-hetero) is 1. The van der Waals surface area contributed by atoms with Gasteiger partial charge in [0.15, 0.2) is 5.78 Å². The van der Waals surface area contributed by atoms with E-state index in [0.29, 0.717) is 11.5 Å². The lowest BCUT2D eigenvalue weighted by atomic mass is 9.59. The highest BCUT2D eigenvalue weighted by Gasteiger charge is 2.75. The van der Waals surface area contributed by atoms with Gasteiger partial charge in [-0.1, -0.05) is 32.9 Å². The summed E-state index contributed by atoms with van der Waals surface area (Å²) in [6.07, 6.45) is 1.34. The minimum Gasteiger partial charge on any atom is -0.392 e. The molecule has 4 aliphatic rings. The largest absolute Gasteiger partial charge is 0.392 e. The Morgan fingerprint density at radius 3 is 2.48 bits per heavy atom. The standard InChI is InChI=1S/C20H28O5/c1-9-7-19-10(2)5-13-14(18(13,3)4)12(17(19)24)6-11(8-21)16(23)20(19,25)15(9)22/h6-7,10,12-16,21-23,25H,5,8H2,1-4H3/t10-,12+,13-,14+,15-,16-,19+,20-/m0/s1. The minimum atomic E-state index is -2.03. The van der Waals surface area contributed by atoms with Crippen LogP contribution in [0.3, 0.4) is 0 Å². The van der Waals surface area contributed by atoms with E-state index in [1.165, 1.54) is 0 Å². The van der Waals surface area contributed by atoms with Crippen LogP contribution in [-0.2, 0) is 4.79 Å². The number of ketones is 1. The maximum Gasteiger partial charge on any atom is 0.153 e. The lowest BCUT2D eigenvalue weighted by molar-refractivity contribution is -0.190. The number of aliphatic hydroxyl groups is 4. The van der Waals surface area contributed by atoms with Gasteiger partial charge < -0.3 is 20.4 Å². The fourth-order valence-electron chi connectivity index (χ4n) is 6.43. The first-order valence-corrected chi connectivity index (χ1v) is 9.18. The Kier molecular flexibility index (Phi) is 3.36. The molecule has 2 fully saturated rings. The van der Waals surface area contributed by atoms with Crippen molar-refractivity contribution < 1.29 is 25.2 Å². The van der Waals surface area contributed by atoms with Crippen molar-refractivity contribution in [3.8, 4) is 0 Å². The second kappa shape index (κ2) is 4.83. The van der Waals surface area contributed by atoms with E-state index in [9.17, 15) is 25.2 Å². The van der Waals surface area contributed by atoms with Crippen LogP contribution in [0.2, 0.25) is 0 Å². The van der Waals surface area contributed by atoms with E-state index in [1.807, 2.05) is 6.92 Å². The lowest BCUT2D eigenvalue weighted by Gasteiger charge is -2.48. The molecule has 0 aromatic carbocycles. The highest BCUT2D eigenvalue weighted by Crippen LogP contribution is 2.71. The van der Waals surface area contributed by atoms with Crippen molar-refractivity contribution >= 4 is 5.78 Å². The van der Waals surface area contributed by atoms with Crippen LogP contribution < -0.4 is 0 Å². The van der Waals surface area contributed by atoms with Gasteiger partial charge in [-0.25, -0.2) is 0 Å². The second-order valence-electron chi connectivity index (χ2n) is 9.27. The Morgan fingerprint density at radius 2 is 1.88 bits per heavy atom. The number of fused-ring (bicyclic) bond motifs is 3. The number of allylic oxidation sites excluding steroid dienone is 1. The molecule has 4 aliphatic carbocycles. The molecule has 0 aromatic heterocycles. The molecule has 4 N–H and O–H groups in total. The number of carbonyl (C=O) groups is 1. The molecular formula is C20H28O5. The van der Waals surface area contributed by atoms with Crippen LogP contribution in [0.1, 0.15) is 34.1 Å². The number of hydrogen-bond acceptors (Lipinski definition) is 5. The molecule has 0 radical (unpaired) electrons. The van der Waals surface area contributed by atoms with Crippen LogP contribution in [0.4, 0.5) is 0 Å². The molecule has 25 heavy (non-hydrogen) atoms. The van der Waals surface area contributed by atoms with Crippen LogP contribution in [-0.4, -0.2) is 50.6 Å². The van der Waals surface area contributed by atoms with Gasteiger partial charge in [-0.05, 0) is 47.7 Å². The SMILES string of the molecule is CC1=C[C@@]23C(=O)[C@H](C=C(CO)[C@H](O)[C@@]2(O)[C@H]1O)[C@@H]1[C@H](C[C@@H]3C)C1(C)C. The van der Waals surface area contributed by atoms with E-state index >= 15 is 0 Å². The van der Waals surface area contributed by atoms with Crippen LogP contribution >= 0.6 is 0 Å². The third kappa shape index (κ3) is 1.71. The second-order valence-corrected chi connectivity index (χ2v) is 9.27. The number of rotatable bonds is 1. The Bertz CT molecular complexity index is 707. The van der Waals surface area contributed by atoms with Gasteiger partial charge in [0.05, 0.1) is 12.0 Å². The van der Waals surface area contributed by atoms with Crippen molar-refractivity contribution in [1.29, 1.82) is 0 Å². The number of carbonyl (C=O) groups excluding carboxylic acids is 1. The highest BCUT2D eigenvalue weighted by atomic mass is 16.4. The van der Waals surface area contributed by atoms with E-state index in [-0.39, 0.29) is 28.6 Å². The summed E-state index contributed by atoms with van der Waals surface area (Å²) in [6, 6.07) is 0. The average Bonchev–Trinajstić information content (AvgIpc) is 3.05.